The molecule has 0 fully saturated rings. The molecule has 5 nitrogen and oxygen atoms in total. The molecule has 1 aliphatic rings. The zero-order valence-corrected chi connectivity index (χ0v) is 14.3. The predicted octanol–water partition coefficient (Wildman–Crippen LogP) is 4.21. The minimum absolute atomic E-state index is 0.325. The zero-order chi connectivity index (χ0) is 16.6. The van der Waals surface area contributed by atoms with Crippen molar-refractivity contribution in [2.24, 2.45) is 0 Å². The van der Waals surface area contributed by atoms with Gasteiger partial charge in [0.1, 0.15) is 5.60 Å². The number of amides is 1. The molecule has 0 aliphatic carbocycles. The fourth-order valence-corrected chi connectivity index (χ4v) is 2.69. The van der Waals surface area contributed by atoms with Crippen LogP contribution in [0.15, 0.2) is 30.5 Å². The van der Waals surface area contributed by atoms with Crippen LogP contribution in [-0.2, 0) is 11.2 Å². The van der Waals surface area contributed by atoms with Crippen molar-refractivity contribution < 1.29 is 9.53 Å². The van der Waals surface area contributed by atoms with Crippen LogP contribution in [0.2, 0.25) is 5.02 Å². The number of hydrogen-bond acceptors (Lipinski definition) is 3. The van der Waals surface area contributed by atoms with Gasteiger partial charge >= 0.3 is 6.09 Å². The van der Waals surface area contributed by atoms with Gasteiger partial charge in [-0.3, -0.25) is 4.90 Å². The molecule has 0 saturated heterocycles. The lowest BCUT2D eigenvalue weighted by molar-refractivity contribution is 0.0578. The van der Waals surface area contributed by atoms with E-state index in [1.165, 1.54) is 0 Å². The second-order valence-corrected chi connectivity index (χ2v) is 7.05. The number of hydrogen-bond donors (Lipinski definition) is 0. The smallest absolute Gasteiger partial charge is 0.414 e. The Morgan fingerprint density at radius 2 is 1.96 bits per heavy atom. The third-order valence-corrected chi connectivity index (χ3v) is 3.81. The molecule has 1 aromatic carbocycles. The Labute approximate surface area is 140 Å². The van der Waals surface area contributed by atoms with E-state index in [1.807, 2.05) is 51.2 Å². The summed E-state index contributed by atoms with van der Waals surface area (Å²) in [4.78, 5) is 14.1. The minimum atomic E-state index is -0.513. The van der Waals surface area contributed by atoms with Crippen molar-refractivity contribution in [1.82, 2.24) is 9.78 Å². The van der Waals surface area contributed by atoms with Crippen LogP contribution >= 0.6 is 11.6 Å². The van der Waals surface area contributed by atoms with E-state index in [0.29, 0.717) is 11.6 Å². The average molecular weight is 334 g/mol. The van der Waals surface area contributed by atoms with Gasteiger partial charge in [0, 0.05) is 11.6 Å². The number of nitrogens with zero attached hydrogens (tertiary/aromatic N) is 3. The maximum absolute atomic E-state index is 12.4. The molecule has 2 aromatic rings. The van der Waals surface area contributed by atoms with Crippen LogP contribution in [0.4, 0.5) is 10.5 Å². The van der Waals surface area contributed by atoms with Gasteiger partial charge in [-0.1, -0.05) is 11.6 Å². The number of fused-ring (bicyclic) bond motifs is 1. The second kappa shape index (κ2) is 5.89. The monoisotopic (exact) mass is 333 g/mol. The Morgan fingerprint density at radius 3 is 2.61 bits per heavy atom. The maximum Gasteiger partial charge on any atom is 0.414 e. The summed E-state index contributed by atoms with van der Waals surface area (Å²) < 4.78 is 7.28. The summed E-state index contributed by atoms with van der Waals surface area (Å²) in [6.07, 6.45) is 3.29. The second-order valence-electron chi connectivity index (χ2n) is 6.62. The summed E-state index contributed by atoms with van der Waals surface area (Å²) >= 11 is 5.93. The van der Waals surface area contributed by atoms with E-state index in [-0.39, 0.29) is 6.09 Å². The number of anilines is 1. The number of carbonyl (C=O) groups is 1. The van der Waals surface area contributed by atoms with Gasteiger partial charge in [0.25, 0.3) is 0 Å². The SMILES string of the molecule is CC(C)(C)OC(=O)N1CCCc2nn(-c3ccc(Cl)cc3)cc21. The molecule has 0 atom stereocenters. The molecule has 122 valence electrons. The van der Waals surface area contributed by atoms with Crippen molar-refractivity contribution in [3.05, 3.63) is 41.2 Å². The summed E-state index contributed by atoms with van der Waals surface area (Å²) in [5.74, 6) is 0. The first-order valence-electron chi connectivity index (χ1n) is 7.68. The first-order chi connectivity index (χ1) is 10.8. The van der Waals surface area contributed by atoms with E-state index in [4.69, 9.17) is 16.3 Å². The van der Waals surface area contributed by atoms with Gasteiger partial charge in [-0.15, -0.1) is 0 Å². The summed E-state index contributed by atoms with van der Waals surface area (Å²) in [5.41, 5.74) is 2.13. The van der Waals surface area contributed by atoms with Gasteiger partial charge in [-0.25, -0.2) is 9.48 Å². The molecule has 1 amide bonds. The Morgan fingerprint density at radius 1 is 1.26 bits per heavy atom. The highest BCUT2D eigenvalue weighted by atomic mass is 35.5. The number of aryl methyl sites for hydroxylation is 1. The summed E-state index contributed by atoms with van der Waals surface area (Å²) in [5, 5.41) is 5.29. The van der Waals surface area contributed by atoms with Crippen LogP contribution in [0.25, 0.3) is 5.69 Å². The van der Waals surface area contributed by atoms with E-state index in [2.05, 4.69) is 5.10 Å². The van der Waals surface area contributed by atoms with Gasteiger partial charge in [-0.05, 0) is 57.9 Å². The fourth-order valence-electron chi connectivity index (χ4n) is 2.56. The van der Waals surface area contributed by atoms with Crippen LogP contribution in [0.5, 0.6) is 0 Å². The van der Waals surface area contributed by atoms with E-state index in [1.54, 1.807) is 9.58 Å². The maximum atomic E-state index is 12.4. The number of halogens is 1. The highest BCUT2D eigenvalue weighted by Crippen LogP contribution is 2.29. The molecule has 0 saturated carbocycles. The van der Waals surface area contributed by atoms with Crippen molar-refractivity contribution in [2.75, 3.05) is 11.4 Å². The molecule has 6 heteroatoms. The lowest BCUT2D eigenvalue weighted by Crippen LogP contribution is -2.39. The molecular formula is C17H20ClN3O2. The van der Waals surface area contributed by atoms with Crippen LogP contribution in [0.1, 0.15) is 32.9 Å². The molecule has 0 radical (unpaired) electrons. The lowest BCUT2D eigenvalue weighted by Gasteiger charge is -2.29. The molecule has 0 unspecified atom stereocenters. The third kappa shape index (κ3) is 3.50. The van der Waals surface area contributed by atoms with E-state index >= 15 is 0 Å². The molecule has 2 heterocycles. The molecule has 0 bridgehead atoms. The fraction of sp³-hybridized carbons (Fsp3) is 0.412. The summed E-state index contributed by atoms with van der Waals surface area (Å²) in [6.45, 7) is 6.25. The number of aromatic nitrogens is 2. The predicted molar refractivity (Wildman–Crippen MR) is 90.5 cm³/mol. The largest absolute Gasteiger partial charge is 0.443 e. The van der Waals surface area contributed by atoms with Gasteiger partial charge in [-0.2, -0.15) is 5.10 Å². The Balaban J connectivity index is 1.90. The van der Waals surface area contributed by atoms with Crippen LogP contribution in [0.3, 0.4) is 0 Å². The molecular weight excluding hydrogens is 314 g/mol. The van der Waals surface area contributed by atoms with Gasteiger partial charge < -0.3 is 4.74 Å². The Hall–Kier alpha value is -2.01. The van der Waals surface area contributed by atoms with Gasteiger partial charge in [0.05, 0.1) is 23.3 Å². The van der Waals surface area contributed by atoms with Crippen LogP contribution in [0, 0.1) is 0 Å². The Kier molecular flexibility index (Phi) is 4.06. The van der Waals surface area contributed by atoms with Crippen molar-refractivity contribution in [1.29, 1.82) is 0 Å². The molecule has 0 spiro atoms. The molecule has 1 aliphatic heterocycles. The quantitative estimate of drug-likeness (QED) is 0.785. The first kappa shape index (κ1) is 15.9. The van der Waals surface area contributed by atoms with Crippen molar-refractivity contribution in [3.63, 3.8) is 0 Å². The van der Waals surface area contributed by atoms with E-state index in [0.717, 1.165) is 29.9 Å². The highest BCUT2D eigenvalue weighted by Gasteiger charge is 2.29. The van der Waals surface area contributed by atoms with E-state index in [9.17, 15) is 4.79 Å². The van der Waals surface area contributed by atoms with Crippen LogP contribution in [-0.4, -0.2) is 28.0 Å². The highest BCUT2D eigenvalue weighted by molar-refractivity contribution is 6.30. The minimum Gasteiger partial charge on any atom is -0.443 e. The summed E-state index contributed by atoms with van der Waals surface area (Å²) in [7, 11) is 0. The Bertz CT molecular complexity index is 716. The van der Waals surface area contributed by atoms with E-state index < -0.39 is 5.60 Å². The van der Waals surface area contributed by atoms with Crippen molar-refractivity contribution >= 4 is 23.4 Å². The molecule has 1 aromatic heterocycles. The van der Waals surface area contributed by atoms with Gasteiger partial charge in [0.15, 0.2) is 0 Å². The number of rotatable bonds is 1. The number of benzene rings is 1. The number of ether oxygens (including phenoxy) is 1. The van der Waals surface area contributed by atoms with Gasteiger partial charge in [0.2, 0.25) is 0 Å². The third-order valence-electron chi connectivity index (χ3n) is 3.56. The molecule has 0 N–H and O–H groups in total. The summed E-state index contributed by atoms with van der Waals surface area (Å²) in [6, 6.07) is 7.45. The average Bonchev–Trinajstić information content (AvgIpc) is 2.89. The van der Waals surface area contributed by atoms with Crippen molar-refractivity contribution in [3.8, 4) is 5.69 Å². The number of carbonyl (C=O) groups excluding carboxylic acids is 1. The molecule has 23 heavy (non-hydrogen) atoms. The van der Waals surface area contributed by atoms with Crippen LogP contribution < -0.4 is 4.90 Å². The lowest BCUT2D eigenvalue weighted by atomic mass is 10.1. The normalized spacial score (nSPS) is 14.5. The standard InChI is InChI=1S/C17H20ClN3O2/c1-17(2,3)23-16(22)20-10-4-5-14-15(20)11-21(19-14)13-8-6-12(18)7-9-13/h6-9,11H,4-5,10H2,1-3H3. The zero-order valence-electron chi connectivity index (χ0n) is 13.5. The molecule has 3 rings (SSSR count). The topological polar surface area (TPSA) is 47.4 Å². The van der Waals surface area contributed by atoms with Crippen molar-refractivity contribution in [2.45, 2.75) is 39.2 Å². The first-order valence-corrected chi connectivity index (χ1v) is 8.06.